The first-order chi connectivity index (χ1) is 13.3. The van der Waals surface area contributed by atoms with E-state index in [1.807, 2.05) is 0 Å². The summed E-state index contributed by atoms with van der Waals surface area (Å²) in [6, 6.07) is 11.6. The molecule has 4 N–H and O–H groups in total. The van der Waals surface area contributed by atoms with Gasteiger partial charge in [0.1, 0.15) is 5.75 Å². The first kappa shape index (κ1) is 20.6. The lowest BCUT2D eigenvalue weighted by Crippen LogP contribution is -2.22. The van der Waals surface area contributed by atoms with E-state index in [0.717, 1.165) is 0 Å². The summed E-state index contributed by atoms with van der Waals surface area (Å²) in [6.45, 7) is 4.66. The van der Waals surface area contributed by atoms with E-state index in [0.29, 0.717) is 22.6 Å². The molecule has 2 rings (SSSR count). The number of carbonyl (C=O) groups is 3. The van der Waals surface area contributed by atoms with Crippen LogP contribution in [0.15, 0.2) is 47.6 Å². The summed E-state index contributed by atoms with van der Waals surface area (Å²) in [5.41, 5.74) is 4.32. The average Bonchev–Trinajstić information content (AvgIpc) is 2.63. The minimum absolute atomic E-state index is 0.0610. The number of benzene rings is 2. The van der Waals surface area contributed by atoms with Gasteiger partial charge in [-0.2, -0.15) is 5.10 Å². The van der Waals surface area contributed by atoms with Gasteiger partial charge in [-0.3, -0.25) is 14.4 Å². The smallest absolute Gasteiger partial charge is 0.275 e. The van der Waals surface area contributed by atoms with Crippen LogP contribution < -0.4 is 16.1 Å². The fraction of sp³-hybridized carbons (Fsp3) is 0.200. The molecule has 2 aromatic carbocycles. The summed E-state index contributed by atoms with van der Waals surface area (Å²) < 4.78 is 0. The van der Waals surface area contributed by atoms with Crippen LogP contribution in [0.4, 0.5) is 11.4 Å². The second kappa shape index (κ2) is 9.31. The molecule has 0 aliphatic carbocycles. The largest absolute Gasteiger partial charge is 0.507 e. The number of amides is 3. The molecule has 0 radical (unpaired) electrons. The van der Waals surface area contributed by atoms with Gasteiger partial charge in [0.25, 0.3) is 5.91 Å². The number of phenols is 1. The third kappa shape index (κ3) is 5.66. The Morgan fingerprint density at radius 3 is 2.25 bits per heavy atom. The molecule has 0 heterocycles. The highest BCUT2D eigenvalue weighted by molar-refractivity contribution is 6.08. The quantitative estimate of drug-likeness (QED) is 0.453. The van der Waals surface area contributed by atoms with Crippen LogP contribution in [-0.4, -0.2) is 28.5 Å². The molecular weight excluding hydrogens is 360 g/mol. The van der Waals surface area contributed by atoms with Crippen LogP contribution in [0.3, 0.4) is 0 Å². The zero-order valence-corrected chi connectivity index (χ0v) is 15.9. The molecule has 0 aliphatic heterocycles. The van der Waals surface area contributed by atoms with E-state index < -0.39 is 5.91 Å². The Hall–Kier alpha value is -3.68. The molecule has 0 aliphatic rings. The molecule has 28 heavy (non-hydrogen) atoms. The number of nitrogens with zero attached hydrogens (tertiary/aromatic N) is 1. The summed E-state index contributed by atoms with van der Waals surface area (Å²) in [4.78, 5) is 35.6. The third-order valence-corrected chi connectivity index (χ3v) is 3.76. The molecule has 0 saturated carbocycles. The molecule has 0 bridgehead atoms. The van der Waals surface area contributed by atoms with E-state index in [1.165, 1.54) is 13.0 Å². The van der Waals surface area contributed by atoms with E-state index in [-0.39, 0.29) is 29.5 Å². The van der Waals surface area contributed by atoms with Crippen LogP contribution in [0.5, 0.6) is 5.75 Å². The van der Waals surface area contributed by atoms with Gasteiger partial charge in [0, 0.05) is 12.6 Å². The highest BCUT2D eigenvalue weighted by Crippen LogP contribution is 2.22. The topological polar surface area (TPSA) is 120 Å². The number of hydrazone groups is 1. The van der Waals surface area contributed by atoms with Crippen LogP contribution in [0, 0.1) is 6.92 Å². The van der Waals surface area contributed by atoms with Gasteiger partial charge in [-0.1, -0.05) is 24.3 Å². The van der Waals surface area contributed by atoms with Crippen LogP contribution >= 0.6 is 0 Å². The molecule has 0 unspecified atom stereocenters. The number of phenolic OH excluding ortho intramolecular Hbond substituents is 1. The summed E-state index contributed by atoms with van der Waals surface area (Å²) in [6.07, 6.45) is -0.0610. The normalized spacial score (nSPS) is 10.9. The minimum atomic E-state index is -0.572. The molecular formula is C20H22N4O4. The molecule has 0 spiro atoms. The lowest BCUT2D eigenvalue weighted by Gasteiger charge is -2.11. The molecule has 8 heteroatoms. The van der Waals surface area contributed by atoms with Crippen molar-refractivity contribution in [1.29, 1.82) is 0 Å². The fourth-order valence-electron chi connectivity index (χ4n) is 2.41. The highest BCUT2D eigenvalue weighted by Gasteiger charge is 2.13. The average molecular weight is 382 g/mol. The van der Waals surface area contributed by atoms with Crippen molar-refractivity contribution >= 4 is 34.8 Å². The first-order valence-corrected chi connectivity index (χ1v) is 8.56. The van der Waals surface area contributed by atoms with Gasteiger partial charge < -0.3 is 15.7 Å². The SMILES string of the molecule is CC(=O)Nc1ccccc1NC(=O)CC(C)=NNC(=O)c1cccc(C)c1O. The summed E-state index contributed by atoms with van der Waals surface area (Å²) in [5, 5.41) is 19.2. The fourth-order valence-corrected chi connectivity index (χ4v) is 2.41. The number of para-hydroxylation sites is 3. The van der Waals surface area contributed by atoms with E-state index in [4.69, 9.17) is 0 Å². The number of aromatic hydroxyl groups is 1. The molecule has 0 aromatic heterocycles. The van der Waals surface area contributed by atoms with Crippen molar-refractivity contribution in [3.63, 3.8) is 0 Å². The Balaban J connectivity index is 1.98. The number of hydrogen-bond donors (Lipinski definition) is 4. The Morgan fingerprint density at radius 2 is 1.61 bits per heavy atom. The van der Waals surface area contributed by atoms with Gasteiger partial charge in [-0.25, -0.2) is 5.43 Å². The summed E-state index contributed by atoms with van der Waals surface area (Å²) in [7, 11) is 0. The van der Waals surface area contributed by atoms with Gasteiger partial charge in [0.05, 0.1) is 23.4 Å². The van der Waals surface area contributed by atoms with Crippen LogP contribution in [0.25, 0.3) is 0 Å². The molecule has 0 fully saturated rings. The maximum absolute atomic E-state index is 12.2. The molecule has 3 amide bonds. The van der Waals surface area contributed by atoms with Crippen molar-refractivity contribution in [2.24, 2.45) is 5.10 Å². The first-order valence-electron chi connectivity index (χ1n) is 8.56. The van der Waals surface area contributed by atoms with Crippen molar-refractivity contribution in [3.05, 3.63) is 53.6 Å². The van der Waals surface area contributed by atoms with Gasteiger partial charge in [0.2, 0.25) is 11.8 Å². The second-order valence-corrected chi connectivity index (χ2v) is 6.21. The van der Waals surface area contributed by atoms with Gasteiger partial charge in [0.15, 0.2) is 0 Å². The van der Waals surface area contributed by atoms with E-state index in [2.05, 4.69) is 21.2 Å². The van der Waals surface area contributed by atoms with Crippen molar-refractivity contribution in [2.45, 2.75) is 27.2 Å². The summed E-state index contributed by atoms with van der Waals surface area (Å²) >= 11 is 0. The van der Waals surface area contributed by atoms with E-state index >= 15 is 0 Å². The maximum Gasteiger partial charge on any atom is 0.275 e. The lowest BCUT2D eigenvalue weighted by atomic mass is 10.1. The maximum atomic E-state index is 12.2. The van der Waals surface area contributed by atoms with Crippen LogP contribution in [0.1, 0.15) is 36.2 Å². The number of nitrogens with one attached hydrogen (secondary N) is 3. The molecule has 2 aromatic rings. The van der Waals surface area contributed by atoms with Gasteiger partial charge in [-0.05, 0) is 37.6 Å². The number of hydrogen-bond acceptors (Lipinski definition) is 5. The second-order valence-electron chi connectivity index (χ2n) is 6.21. The van der Waals surface area contributed by atoms with Crippen LogP contribution in [-0.2, 0) is 9.59 Å². The third-order valence-electron chi connectivity index (χ3n) is 3.76. The van der Waals surface area contributed by atoms with Crippen molar-refractivity contribution in [3.8, 4) is 5.75 Å². The van der Waals surface area contributed by atoms with Crippen LogP contribution in [0.2, 0.25) is 0 Å². The number of carbonyl (C=O) groups excluding carboxylic acids is 3. The zero-order valence-electron chi connectivity index (χ0n) is 15.9. The Morgan fingerprint density at radius 1 is 0.964 bits per heavy atom. The van der Waals surface area contributed by atoms with Crippen molar-refractivity contribution in [1.82, 2.24) is 5.43 Å². The number of anilines is 2. The molecule has 146 valence electrons. The van der Waals surface area contributed by atoms with E-state index in [1.54, 1.807) is 50.2 Å². The lowest BCUT2D eigenvalue weighted by molar-refractivity contribution is -0.115. The molecule has 8 nitrogen and oxygen atoms in total. The number of aryl methyl sites for hydroxylation is 1. The molecule has 0 atom stereocenters. The van der Waals surface area contributed by atoms with Crippen molar-refractivity contribution in [2.75, 3.05) is 10.6 Å². The zero-order chi connectivity index (χ0) is 20.7. The van der Waals surface area contributed by atoms with Gasteiger partial charge >= 0.3 is 0 Å². The summed E-state index contributed by atoms with van der Waals surface area (Å²) in [5.74, 6) is -1.29. The Bertz CT molecular complexity index is 938. The Kier molecular flexibility index (Phi) is 6.86. The predicted octanol–water partition coefficient (Wildman–Crippen LogP) is 2.79. The van der Waals surface area contributed by atoms with Crippen molar-refractivity contribution < 1.29 is 19.5 Å². The standard InChI is InChI=1S/C20H22N4O4/c1-12-7-6-8-15(19(12)27)20(28)24-23-13(2)11-18(26)22-17-10-5-4-9-16(17)21-14(3)25/h4-10,27H,11H2,1-3H3,(H,21,25)(H,22,26)(H,24,28). The van der Waals surface area contributed by atoms with E-state index in [9.17, 15) is 19.5 Å². The predicted molar refractivity (Wildman–Crippen MR) is 107 cm³/mol. The molecule has 0 saturated heterocycles. The van der Waals surface area contributed by atoms with Gasteiger partial charge in [-0.15, -0.1) is 0 Å². The number of rotatable bonds is 6. The minimum Gasteiger partial charge on any atom is -0.507 e. The Labute approximate surface area is 162 Å². The monoisotopic (exact) mass is 382 g/mol. The highest BCUT2D eigenvalue weighted by atomic mass is 16.3.